The molecule has 88 valence electrons. The normalized spacial score (nSPS) is 18.1. The summed E-state index contributed by atoms with van der Waals surface area (Å²) in [4.78, 5) is 0. The van der Waals surface area contributed by atoms with Gasteiger partial charge in [0.25, 0.3) is 0 Å². The summed E-state index contributed by atoms with van der Waals surface area (Å²) in [6, 6.07) is 4.46. The molecule has 0 saturated heterocycles. The molecule has 0 bridgehead atoms. The van der Waals surface area contributed by atoms with E-state index in [1.807, 2.05) is 0 Å². The number of hydrogen-bond donors (Lipinski definition) is 0. The van der Waals surface area contributed by atoms with Gasteiger partial charge in [-0.05, 0) is 17.9 Å². The molecular weight excluding hydrogens is 196 g/mol. The number of rotatable bonds is 0. The number of aryl methyl sites for hydroxylation is 1. The smallest absolute Gasteiger partial charge is 0.127 e. The highest BCUT2D eigenvalue weighted by Crippen LogP contribution is 2.45. The first-order valence-electron chi connectivity index (χ1n) is 6.01. The first kappa shape index (κ1) is 11.5. The first-order chi connectivity index (χ1) is 7.23. The largest absolute Gasteiger partial charge is 0.492 e. The van der Waals surface area contributed by atoms with Crippen molar-refractivity contribution in [2.24, 2.45) is 0 Å². The maximum absolute atomic E-state index is 5.95. The highest BCUT2D eigenvalue weighted by Gasteiger charge is 2.36. The summed E-state index contributed by atoms with van der Waals surface area (Å²) < 4.78 is 5.95. The summed E-state index contributed by atoms with van der Waals surface area (Å²) >= 11 is 0. The SMILES string of the molecule is Cc1ccc2c(c1C(C)(C)C)OCC2(C)C. The lowest BCUT2D eigenvalue weighted by atomic mass is 9.79. The van der Waals surface area contributed by atoms with Gasteiger partial charge in [0.2, 0.25) is 0 Å². The van der Waals surface area contributed by atoms with Crippen molar-refractivity contribution in [1.82, 2.24) is 0 Å². The van der Waals surface area contributed by atoms with Crippen LogP contribution in [0.25, 0.3) is 0 Å². The van der Waals surface area contributed by atoms with Crippen LogP contribution >= 0.6 is 0 Å². The Morgan fingerprint density at radius 3 is 2.38 bits per heavy atom. The van der Waals surface area contributed by atoms with Gasteiger partial charge in [-0.3, -0.25) is 0 Å². The van der Waals surface area contributed by atoms with Crippen molar-refractivity contribution in [3.05, 3.63) is 28.8 Å². The van der Waals surface area contributed by atoms with Gasteiger partial charge in [0, 0.05) is 16.5 Å². The molecule has 1 aromatic carbocycles. The van der Waals surface area contributed by atoms with Crippen molar-refractivity contribution >= 4 is 0 Å². The predicted octanol–water partition coefficient (Wildman–Crippen LogP) is 3.96. The number of ether oxygens (including phenoxy) is 1. The van der Waals surface area contributed by atoms with Crippen molar-refractivity contribution in [2.45, 2.75) is 52.4 Å². The number of benzene rings is 1. The van der Waals surface area contributed by atoms with Crippen molar-refractivity contribution in [2.75, 3.05) is 6.61 Å². The maximum atomic E-state index is 5.95. The third kappa shape index (κ3) is 1.63. The van der Waals surface area contributed by atoms with Crippen molar-refractivity contribution in [3.8, 4) is 5.75 Å². The molecule has 1 heterocycles. The second-order valence-electron chi connectivity index (χ2n) is 6.56. The van der Waals surface area contributed by atoms with Crippen LogP contribution in [0.4, 0.5) is 0 Å². The average Bonchev–Trinajstić information content (AvgIpc) is 2.39. The van der Waals surface area contributed by atoms with Gasteiger partial charge in [0.1, 0.15) is 5.75 Å². The fourth-order valence-electron chi connectivity index (χ4n) is 2.63. The zero-order chi connectivity index (χ0) is 12.1. The molecule has 1 aliphatic rings. The van der Waals surface area contributed by atoms with Crippen LogP contribution in [0.3, 0.4) is 0 Å². The quantitative estimate of drug-likeness (QED) is 0.640. The highest BCUT2D eigenvalue weighted by atomic mass is 16.5. The Labute approximate surface area is 98.8 Å². The second-order valence-corrected chi connectivity index (χ2v) is 6.56. The zero-order valence-corrected chi connectivity index (χ0v) is 11.3. The number of fused-ring (bicyclic) bond motifs is 1. The Morgan fingerprint density at radius 1 is 1.19 bits per heavy atom. The average molecular weight is 218 g/mol. The Balaban J connectivity index is 2.69. The van der Waals surface area contributed by atoms with Crippen molar-refractivity contribution in [3.63, 3.8) is 0 Å². The van der Waals surface area contributed by atoms with E-state index in [1.165, 1.54) is 16.7 Å². The molecule has 0 radical (unpaired) electrons. The summed E-state index contributed by atoms with van der Waals surface area (Å²) in [7, 11) is 0. The topological polar surface area (TPSA) is 9.23 Å². The van der Waals surface area contributed by atoms with Crippen LogP contribution in [0, 0.1) is 6.92 Å². The monoisotopic (exact) mass is 218 g/mol. The Kier molecular flexibility index (Phi) is 2.34. The second kappa shape index (κ2) is 3.26. The van der Waals surface area contributed by atoms with E-state index in [-0.39, 0.29) is 10.8 Å². The van der Waals surface area contributed by atoms with Gasteiger partial charge in [-0.1, -0.05) is 46.8 Å². The van der Waals surface area contributed by atoms with E-state index in [0.717, 1.165) is 12.4 Å². The third-order valence-electron chi connectivity index (χ3n) is 3.42. The molecule has 0 aliphatic carbocycles. The minimum absolute atomic E-state index is 0.149. The molecule has 16 heavy (non-hydrogen) atoms. The van der Waals surface area contributed by atoms with Crippen molar-refractivity contribution in [1.29, 1.82) is 0 Å². The fraction of sp³-hybridized carbons (Fsp3) is 0.600. The van der Waals surface area contributed by atoms with Crippen LogP contribution in [-0.2, 0) is 10.8 Å². The van der Waals surface area contributed by atoms with Crippen molar-refractivity contribution < 1.29 is 4.74 Å². The van der Waals surface area contributed by atoms with Gasteiger partial charge >= 0.3 is 0 Å². The summed E-state index contributed by atoms with van der Waals surface area (Å²) in [6.45, 7) is 14.2. The molecule has 1 heteroatoms. The Morgan fingerprint density at radius 2 is 1.81 bits per heavy atom. The zero-order valence-electron chi connectivity index (χ0n) is 11.3. The third-order valence-corrected chi connectivity index (χ3v) is 3.42. The molecule has 0 unspecified atom stereocenters. The molecular formula is C15H22O. The van der Waals surface area contributed by atoms with E-state index < -0.39 is 0 Å². The minimum Gasteiger partial charge on any atom is -0.492 e. The lowest BCUT2D eigenvalue weighted by Gasteiger charge is -2.25. The molecule has 0 amide bonds. The van der Waals surface area contributed by atoms with E-state index in [9.17, 15) is 0 Å². The van der Waals surface area contributed by atoms with Crippen LogP contribution < -0.4 is 4.74 Å². The van der Waals surface area contributed by atoms with Gasteiger partial charge in [0.15, 0.2) is 0 Å². The first-order valence-corrected chi connectivity index (χ1v) is 6.01. The predicted molar refractivity (Wildman–Crippen MR) is 68.4 cm³/mol. The van der Waals surface area contributed by atoms with Crippen LogP contribution in [0.15, 0.2) is 12.1 Å². The van der Waals surface area contributed by atoms with Crippen LogP contribution in [-0.4, -0.2) is 6.61 Å². The Hall–Kier alpha value is -0.980. The molecule has 2 rings (SSSR count). The van der Waals surface area contributed by atoms with Gasteiger partial charge in [-0.15, -0.1) is 0 Å². The lowest BCUT2D eigenvalue weighted by molar-refractivity contribution is 0.286. The molecule has 0 spiro atoms. The molecule has 0 atom stereocenters. The van der Waals surface area contributed by atoms with E-state index >= 15 is 0 Å². The summed E-state index contributed by atoms with van der Waals surface area (Å²) in [6.07, 6.45) is 0. The standard InChI is InChI=1S/C15H22O/c1-10-7-8-11-13(12(10)14(2,3)4)16-9-15(11,5)6/h7-8H,9H2,1-6H3. The number of hydrogen-bond acceptors (Lipinski definition) is 1. The minimum atomic E-state index is 0.149. The molecule has 1 nitrogen and oxygen atoms in total. The van der Waals surface area contributed by atoms with E-state index in [0.29, 0.717) is 0 Å². The van der Waals surface area contributed by atoms with Gasteiger partial charge < -0.3 is 4.74 Å². The van der Waals surface area contributed by atoms with E-state index in [4.69, 9.17) is 4.74 Å². The molecule has 0 saturated carbocycles. The summed E-state index contributed by atoms with van der Waals surface area (Å²) in [5.74, 6) is 1.14. The summed E-state index contributed by atoms with van der Waals surface area (Å²) in [5.41, 5.74) is 4.38. The fourth-order valence-corrected chi connectivity index (χ4v) is 2.63. The molecule has 0 N–H and O–H groups in total. The van der Waals surface area contributed by atoms with Gasteiger partial charge in [-0.25, -0.2) is 0 Å². The van der Waals surface area contributed by atoms with Gasteiger partial charge in [-0.2, -0.15) is 0 Å². The molecule has 0 aromatic heterocycles. The van der Waals surface area contributed by atoms with E-state index in [2.05, 4.69) is 53.7 Å². The molecule has 0 fully saturated rings. The lowest BCUT2D eigenvalue weighted by Crippen LogP contribution is -2.18. The highest BCUT2D eigenvalue weighted by molar-refractivity contribution is 5.54. The van der Waals surface area contributed by atoms with E-state index in [1.54, 1.807) is 0 Å². The molecule has 1 aliphatic heterocycles. The maximum Gasteiger partial charge on any atom is 0.127 e. The summed E-state index contributed by atoms with van der Waals surface area (Å²) in [5, 5.41) is 0. The Bertz CT molecular complexity index is 422. The van der Waals surface area contributed by atoms with Crippen LogP contribution in [0.1, 0.15) is 51.3 Å². The van der Waals surface area contributed by atoms with Crippen LogP contribution in [0.5, 0.6) is 5.75 Å². The van der Waals surface area contributed by atoms with Crippen LogP contribution in [0.2, 0.25) is 0 Å². The molecule has 1 aromatic rings. The van der Waals surface area contributed by atoms with Gasteiger partial charge in [0.05, 0.1) is 6.61 Å².